The number of morpholine rings is 1. The summed E-state index contributed by atoms with van der Waals surface area (Å²) >= 11 is 0. The van der Waals surface area contributed by atoms with Crippen LogP contribution in [0.2, 0.25) is 0 Å². The van der Waals surface area contributed by atoms with E-state index in [0.717, 1.165) is 12.0 Å². The summed E-state index contributed by atoms with van der Waals surface area (Å²) < 4.78 is 11.8. The molecule has 6 rings (SSSR count). The third-order valence-corrected chi connectivity index (χ3v) is 8.32. The number of piperidine rings is 1. The van der Waals surface area contributed by atoms with E-state index < -0.39 is 0 Å². The molecule has 2 unspecified atom stereocenters. The first-order valence-electron chi connectivity index (χ1n) is 13.8. The molecule has 5 nitrogen and oxygen atoms in total. The number of benzene rings is 3. The maximum atomic E-state index is 13.4. The number of ether oxygens (including phenoxy) is 2. The second-order valence-electron chi connectivity index (χ2n) is 11.4. The number of amides is 1. The summed E-state index contributed by atoms with van der Waals surface area (Å²) in [6, 6.07) is 24.5. The van der Waals surface area contributed by atoms with Crippen molar-refractivity contribution in [2.45, 2.75) is 51.1 Å². The smallest absolute Gasteiger partial charge is 0.410 e. The molecule has 0 saturated carbocycles. The van der Waals surface area contributed by atoms with Crippen LogP contribution >= 0.6 is 0 Å². The fourth-order valence-corrected chi connectivity index (χ4v) is 6.61. The normalized spacial score (nSPS) is 22.2. The monoisotopic (exact) mass is 509 g/mol. The topological polar surface area (TPSA) is 55.8 Å². The standard InChI is InChI=1S/C33H35NO4/c1-21(2)15-22-11-13-23(14-12-22)32(35)24-16-25-18-37-19-26(17-24)34(25)33(36)38-20-31-29-9-5-3-7-27(29)28-8-4-6-10-30(28)31/h3-14,21,24-26,31H,15-20H2,1-2H3. The maximum Gasteiger partial charge on any atom is 0.410 e. The predicted molar refractivity (Wildman–Crippen MR) is 147 cm³/mol. The van der Waals surface area contributed by atoms with E-state index in [2.05, 4.69) is 62.4 Å². The molecule has 196 valence electrons. The number of hydrogen-bond acceptors (Lipinski definition) is 4. The molecular weight excluding hydrogens is 474 g/mol. The number of carbonyl (C=O) groups excluding carboxylic acids is 2. The number of nitrogens with zero attached hydrogens (tertiary/aromatic N) is 1. The van der Waals surface area contributed by atoms with Gasteiger partial charge in [-0.05, 0) is 53.0 Å². The number of rotatable bonds is 6. The van der Waals surface area contributed by atoms with Gasteiger partial charge in [0.1, 0.15) is 6.61 Å². The average molecular weight is 510 g/mol. The minimum absolute atomic E-state index is 0.0280. The Bertz CT molecular complexity index is 1270. The number of carbonyl (C=O) groups is 2. The Morgan fingerprint density at radius 2 is 1.45 bits per heavy atom. The van der Waals surface area contributed by atoms with E-state index in [4.69, 9.17) is 9.47 Å². The molecular formula is C33H35NO4. The quantitative estimate of drug-likeness (QED) is 0.356. The summed E-state index contributed by atoms with van der Waals surface area (Å²) in [7, 11) is 0. The predicted octanol–water partition coefficient (Wildman–Crippen LogP) is 6.50. The van der Waals surface area contributed by atoms with Gasteiger partial charge in [0.15, 0.2) is 5.78 Å². The molecule has 1 aliphatic carbocycles. The molecule has 3 aliphatic rings. The van der Waals surface area contributed by atoms with Crippen LogP contribution in [0, 0.1) is 11.8 Å². The van der Waals surface area contributed by atoms with Crippen LogP contribution in [0.25, 0.3) is 11.1 Å². The van der Waals surface area contributed by atoms with Crippen LogP contribution in [0.1, 0.15) is 59.7 Å². The Hall–Kier alpha value is -3.44. The van der Waals surface area contributed by atoms with Crippen molar-refractivity contribution in [2.24, 2.45) is 11.8 Å². The summed E-state index contributed by atoms with van der Waals surface area (Å²) in [5.41, 5.74) is 6.85. The molecule has 0 radical (unpaired) electrons. The van der Waals surface area contributed by atoms with Gasteiger partial charge in [-0.2, -0.15) is 0 Å². The van der Waals surface area contributed by atoms with Crippen molar-refractivity contribution >= 4 is 11.9 Å². The Labute approximate surface area is 224 Å². The largest absolute Gasteiger partial charge is 0.448 e. The highest BCUT2D eigenvalue weighted by Gasteiger charge is 2.45. The zero-order valence-electron chi connectivity index (χ0n) is 22.1. The van der Waals surface area contributed by atoms with E-state index in [9.17, 15) is 9.59 Å². The lowest BCUT2D eigenvalue weighted by Gasteiger charge is -2.47. The van der Waals surface area contributed by atoms with Gasteiger partial charge in [0.25, 0.3) is 0 Å². The molecule has 0 N–H and O–H groups in total. The number of hydrogen-bond donors (Lipinski definition) is 0. The van der Waals surface area contributed by atoms with Crippen LogP contribution in [-0.4, -0.2) is 48.7 Å². The van der Waals surface area contributed by atoms with Gasteiger partial charge in [-0.15, -0.1) is 0 Å². The lowest BCUT2D eigenvalue weighted by molar-refractivity contribution is -0.0747. The molecule has 5 heteroatoms. The van der Waals surface area contributed by atoms with E-state index in [1.807, 2.05) is 29.2 Å². The lowest BCUT2D eigenvalue weighted by atomic mass is 9.80. The fraction of sp³-hybridized carbons (Fsp3) is 0.394. The third-order valence-electron chi connectivity index (χ3n) is 8.32. The molecule has 2 heterocycles. The molecule has 2 saturated heterocycles. The minimum atomic E-state index is -0.297. The summed E-state index contributed by atoms with van der Waals surface area (Å²) in [5, 5.41) is 0. The van der Waals surface area contributed by atoms with Crippen molar-refractivity contribution in [3.63, 3.8) is 0 Å². The fourth-order valence-electron chi connectivity index (χ4n) is 6.61. The molecule has 0 spiro atoms. The number of Topliss-reactive ketones (excluding diaryl/α,β-unsaturated/α-hetero) is 1. The van der Waals surface area contributed by atoms with Gasteiger partial charge in [-0.1, -0.05) is 86.6 Å². The first-order valence-corrected chi connectivity index (χ1v) is 13.8. The third kappa shape index (κ3) is 4.64. The Morgan fingerprint density at radius 1 is 0.868 bits per heavy atom. The molecule has 38 heavy (non-hydrogen) atoms. The van der Waals surface area contributed by atoms with Gasteiger partial charge in [-0.25, -0.2) is 4.79 Å². The first-order chi connectivity index (χ1) is 18.5. The highest BCUT2D eigenvalue weighted by Crippen LogP contribution is 2.44. The summed E-state index contributed by atoms with van der Waals surface area (Å²) in [4.78, 5) is 28.7. The van der Waals surface area contributed by atoms with Crippen molar-refractivity contribution < 1.29 is 19.1 Å². The zero-order chi connectivity index (χ0) is 26.2. The van der Waals surface area contributed by atoms with Crippen molar-refractivity contribution in [2.75, 3.05) is 19.8 Å². The number of fused-ring (bicyclic) bond motifs is 5. The van der Waals surface area contributed by atoms with Crippen molar-refractivity contribution in [1.82, 2.24) is 4.90 Å². The lowest BCUT2D eigenvalue weighted by Crippen LogP contribution is -2.60. The molecule has 2 aliphatic heterocycles. The minimum Gasteiger partial charge on any atom is -0.448 e. The molecule has 1 amide bonds. The summed E-state index contributed by atoms with van der Waals surface area (Å²) in [5.74, 6) is 0.672. The molecule has 3 aromatic rings. The highest BCUT2D eigenvalue weighted by atomic mass is 16.6. The maximum absolute atomic E-state index is 13.4. The molecule has 3 aromatic carbocycles. The van der Waals surface area contributed by atoms with E-state index in [1.165, 1.54) is 27.8 Å². The van der Waals surface area contributed by atoms with Crippen LogP contribution in [0.15, 0.2) is 72.8 Å². The molecule has 2 fully saturated rings. The van der Waals surface area contributed by atoms with E-state index in [-0.39, 0.29) is 35.8 Å². The second kappa shape index (κ2) is 10.4. The van der Waals surface area contributed by atoms with Crippen LogP contribution in [-0.2, 0) is 15.9 Å². The van der Waals surface area contributed by atoms with Gasteiger partial charge in [0.05, 0.1) is 25.3 Å². The van der Waals surface area contributed by atoms with Gasteiger partial charge in [-0.3, -0.25) is 9.69 Å². The Balaban J connectivity index is 1.13. The van der Waals surface area contributed by atoms with E-state index in [0.29, 0.717) is 38.6 Å². The first kappa shape index (κ1) is 24.9. The van der Waals surface area contributed by atoms with Gasteiger partial charge in [0, 0.05) is 17.4 Å². The van der Waals surface area contributed by atoms with Crippen molar-refractivity contribution in [3.8, 4) is 11.1 Å². The molecule has 2 atom stereocenters. The van der Waals surface area contributed by atoms with Crippen LogP contribution < -0.4 is 0 Å². The average Bonchev–Trinajstić information content (AvgIpc) is 3.24. The summed E-state index contributed by atoms with van der Waals surface area (Å²) in [6.07, 6.45) is 1.92. The van der Waals surface area contributed by atoms with Gasteiger partial charge in [0.2, 0.25) is 0 Å². The highest BCUT2D eigenvalue weighted by molar-refractivity contribution is 5.98. The molecule has 0 aromatic heterocycles. The van der Waals surface area contributed by atoms with Crippen LogP contribution in [0.4, 0.5) is 4.79 Å². The number of ketones is 1. The van der Waals surface area contributed by atoms with Crippen LogP contribution in [0.5, 0.6) is 0 Å². The Kier molecular flexibility index (Phi) is 6.79. The second-order valence-corrected chi connectivity index (χ2v) is 11.4. The van der Waals surface area contributed by atoms with Crippen molar-refractivity contribution in [1.29, 1.82) is 0 Å². The van der Waals surface area contributed by atoms with Gasteiger partial charge < -0.3 is 9.47 Å². The van der Waals surface area contributed by atoms with E-state index in [1.54, 1.807) is 0 Å². The summed E-state index contributed by atoms with van der Waals surface area (Å²) in [6.45, 7) is 5.58. The molecule has 2 bridgehead atoms. The SMILES string of the molecule is CC(C)Cc1ccc(C(=O)C2CC3COCC(C2)N3C(=O)OCC2c3ccccc3-c3ccccc32)cc1. The van der Waals surface area contributed by atoms with Gasteiger partial charge >= 0.3 is 6.09 Å². The van der Waals surface area contributed by atoms with E-state index >= 15 is 0 Å². The van der Waals surface area contributed by atoms with Crippen LogP contribution in [0.3, 0.4) is 0 Å². The Morgan fingerprint density at radius 3 is 2.03 bits per heavy atom. The zero-order valence-corrected chi connectivity index (χ0v) is 22.1. The van der Waals surface area contributed by atoms with Crippen molar-refractivity contribution in [3.05, 3.63) is 95.1 Å².